The standard InChI is InChI=1S/C21H15F3N6OS/c1-30-8-13(7-28-30)12-4-16-19(17(5-12)31-9-21(22,23)24)20(26-10-25-16)29-14-2-3-15-18(6-14)32-11-27-15/h2-8,10-11H,9H2,1H3,(H,25,26,29). The first-order valence-corrected chi connectivity index (χ1v) is 10.3. The summed E-state index contributed by atoms with van der Waals surface area (Å²) in [5.74, 6) is 0.370. The second-order valence-corrected chi connectivity index (χ2v) is 7.94. The Bertz CT molecular complexity index is 1430. The van der Waals surface area contributed by atoms with Gasteiger partial charge in [-0.15, -0.1) is 11.3 Å². The molecule has 2 aromatic carbocycles. The van der Waals surface area contributed by atoms with Crippen LogP contribution >= 0.6 is 11.3 Å². The summed E-state index contributed by atoms with van der Waals surface area (Å²) >= 11 is 1.49. The van der Waals surface area contributed by atoms with E-state index in [1.165, 1.54) is 17.7 Å². The average Bonchev–Trinajstić information content (AvgIpc) is 3.40. The van der Waals surface area contributed by atoms with Gasteiger partial charge in [-0.25, -0.2) is 15.0 Å². The normalized spacial score (nSPS) is 11.9. The Morgan fingerprint density at radius 1 is 1.06 bits per heavy atom. The van der Waals surface area contributed by atoms with Crippen LogP contribution in [0.15, 0.2) is 54.6 Å². The topological polar surface area (TPSA) is 77.8 Å². The van der Waals surface area contributed by atoms with Crippen molar-refractivity contribution in [2.45, 2.75) is 6.18 Å². The molecule has 7 nitrogen and oxygen atoms in total. The molecule has 0 amide bonds. The zero-order valence-electron chi connectivity index (χ0n) is 16.6. The van der Waals surface area contributed by atoms with Gasteiger partial charge < -0.3 is 10.1 Å². The quantitative estimate of drug-likeness (QED) is 0.386. The van der Waals surface area contributed by atoms with Crippen molar-refractivity contribution in [3.8, 4) is 16.9 Å². The number of rotatable bonds is 5. The molecule has 0 bridgehead atoms. The van der Waals surface area contributed by atoms with Gasteiger partial charge in [0.1, 0.15) is 17.9 Å². The summed E-state index contributed by atoms with van der Waals surface area (Å²) in [6.45, 7) is -1.43. The van der Waals surface area contributed by atoms with Crippen molar-refractivity contribution in [3.63, 3.8) is 0 Å². The number of fused-ring (bicyclic) bond motifs is 2. The Kier molecular flexibility index (Phi) is 4.89. The summed E-state index contributed by atoms with van der Waals surface area (Å²) in [5.41, 5.74) is 5.15. The summed E-state index contributed by atoms with van der Waals surface area (Å²) in [6.07, 6.45) is 0.256. The summed E-state index contributed by atoms with van der Waals surface area (Å²) in [5, 5.41) is 7.66. The van der Waals surface area contributed by atoms with E-state index in [1.807, 2.05) is 18.2 Å². The van der Waals surface area contributed by atoms with E-state index in [0.29, 0.717) is 22.3 Å². The van der Waals surface area contributed by atoms with Gasteiger partial charge in [-0.2, -0.15) is 18.3 Å². The van der Waals surface area contributed by atoms with Crippen molar-refractivity contribution in [2.24, 2.45) is 7.05 Å². The fourth-order valence-corrected chi connectivity index (χ4v) is 4.04. The zero-order chi connectivity index (χ0) is 22.3. The monoisotopic (exact) mass is 456 g/mol. The number of anilines is 2. The van der Waals surface area contributed by atoms with Gasteiger partial charge in [-0.1, -0.05) is 0 Å². The summed E-state index contributed by atoms with van der Waals surface area (Å²) in [6, 6.07) is 8.91. The zero-order valence-corrected chi connectivity index (χ0v) is 17.4. The molecule has 162 valence electrons. The van der Waals surface area contributed by atoms with Crippen LogP contribution in [0.1, 0.15) is 0 Å². The fourth-order valence-electron chi connectivity index (χ4n) is 3.33. The molecule has 11 heteroatoms. The third-order valence-electron chi connectivity index (χ3n) is 4.73. The highest BCUT2D eigenvalue weighted by atomic mass is 32.1. The highest BCUT2D eigenvalue weighted by Gasteiger charge is 2.29. The van der Waals surface area contributed by atoms with Crippen LogP contribution < -0.4 is 10.1 Å². The molecule has 3 heterocycles. The molecule has 0 saturated heterocycles. The van der Waals surface area contributed by atoms with Crippen LogP contribution in [0, 0.1) is 0 Å². The molecule has 0 spiro atoms. The van der Waals surface area contributed by atoms with Crippen LogP contribution in [0.5, 0.6) is 5.75 Å². The molecule has 0 saturated carbocycles. The number of halogens is 3. The lowest BCUT2D eigenvalue weighted by atomic mass is 10.1. The molecule has 0 fully saturated rings. The largest absolute Gasteiger partial charge is 0.483 e. The van der Waals surface area contributed by atoms with Crippen LogP contribution in [-0.4, -0.2) is 37.5 Å². The molecule has 0 aliphatic rings. The number of hydrogen-bond acceptors (Lipinski definition) is 7. The van der Waals surface area contributed by atoms with E-state index in [9.17, 15) is 13.2 Å². The van der Waals surface area contributed by atoms with Gasteiger partial charge in [-0.05, 0) is 35.9 Å². The maximum Gasteiger partial charge on any atom is 0.422 e. The number of nitrogens with zero attached hydrogens (tertiary/aromatic N) is 5. The van der Waals surface area contributed by atoms with E-state index in [2.05, 4.69) is 25.4 Å². The van der Waals surface area contributed by atoms with E-state index in [1.54, 1.807) is 41.8 Å². The predicted molar refractivity (Wildman–Crippen MR) is 116 cm³/mol. The molecule has 1 N–H and O–H groups in total. The van der Waals surface area contributed by atoms with Crippen molar-refractivity contribution in [2.75, 3.05) is 11.9 Å². The van der Waals surface area contributed by atoms with Gasteiger partial charge >= 0.3 is 6.18 Å². The van der Waals surface area contributed by atoms with Crippen LogP contribution in [0.4, 0.5) is 24.7 Å². The van der Waals surface area contributed by atoms with E-state index in [-0.39, 0.29) is 5.75 Å². The van der Waals surface area contributed by atoms with Gasteiger partial charge in [0.15, 0.2) is 6.61 Å². The molecule has 0 atom stereocenters. The molecule has 0 unspecified atom stereocenters. The van der Waals surface area contributed by atoms with E-state index >= 15 is 0 Å². The number of benzene rings is 2. The second-order valence-electron chi connectivity index (χ2n) is 7.06. The Hall–Kier alpha value is -3.73. The summed E-state index contributed by atoms with van der Waals surface area (Å²) < 4.78 is 46.6. The highest BCUT2D eigenvalue weighted by Crippen LogP contribution is 2.37. The lowest BCUT2D eigenvalue weighted by Crippen LogP contribution is -2.19. The van der Waals surface area contributed by atoms with Crippen molar-refractivity contribution in [3.05, 3.63) is 54.6 Å². The maximum atomic E-state index is 12.9. The Balaban J connectivity index is 1.62. The van der Waals surface area contributed by atoms with Crippen LogP contribution in [0.25, 0.3) is 32.2 Å². The number of alkyl halides is 3. The molecule has 0 aliphatic heterocycles. The average molecular weight is 456 g/mol. The van der Waals surface area contributed by atoms with Crippen molar-refractivity contribution in [1.29, 1.82) is 0 Å². The minimum Gasteiger partial charge on any atom is -0.483 e. The van der Waals surface area contributed by atoms with Crippen LogP contribution in [-0.2, 0) is 7.05 Å². The molecular weight excluding hydrogens is 441 g/mol. The van der Waals surface area contributed by atoms with Crippen molar-refractivity contribution >= 4 is 44.0 Å². The number of nitrogens with one attached hydrogen (secondary N) is 1. The first-order valence-electron chi connectivity index (χ1n) is 9.43. The molecule has 5 aromatic rings. The maximum absolute atomic E-state index is 12.9. The minimum absolute atomic E-state index is 0.0284. The summed E-state index contributed by atoms with van der Waals surface area (Å²) in [4.78, 5) is 12.8. The predicted octanol–water partition coefficient (Wildman–Crippen LogP) is 5.32. The van der Waals surface area contributed by atoms with Crippen LogP contribution in [0.3, 0.4) is 0 Å². The molecule has 0 radical (unpaired) electrons. The fraction of sp³-hybridized carbons (Fsp3) is 0.143. The number of hydrogen-bond donors (Lipinski definition) is 1. The first kappa shape index (κ1) is 20.2. The lowest BCUT2D eigenvalue weighted by molar-refractivity contribution is -0.153. The van der Waals surface area contributed by atoms with E-state index in [4.69, 9.17) is 4.74 Å². The first-order chi connectivity index (χ1) is 15.4. The third-order valence-corrected chi connectivity index (χ3v) is 5.52. The van der Waals surface area contributed by atoms with Gasteiger partial charge in [-0.3, -0.25) is 4.68 Å². The number of aromatic nitrogens is 5. The third kappa shape index (κ3) is 4.06. The molecule has 0 aliphatic carbocycles. The minimum atomic E-state index is -4.49. The van der Waals surface area contributed by atoms with Gasteiger partial charge in [0.2, 0.25) is 0 Å². The molecular formula is C21H15F3N6OS. The number of thiazole rings is 1. The molecule has 32 heavy (non-hydrogen) atoms. The van der Waals surface area contributed by atoms with Gasteiger partial charge in [0.25, 0.3) is 0 Å². The van der Waals surface area contributed by atoms with E-state index in [0.717, 1.165) is 21.5 Å². The number of aryl methyl sites for hydroxylation is 1. The SMILES string of the molecule is Cn1cc(-c2cc(OCC(F)(F)F)c3c(Nc4ccc5ncsc5c4)ncnc3c2)cn1. The smallest absolute Gasteiger partial charge is 0.422 e. The highest BCUT2D eigenvalue weighted by molar-refractivity contribution is 7.16. The van der Waals surface area contributed by atoms with Crippen molar-refractivity contribution in [1.82, 2.24) is 24.7 Å². The lowest BCUT2D eigenvalue weighted by Gasteiger charge is -2.15. The van der Waals surface area contributed by atoms with Crippen LogP contribution in [0.2, 0.25) is 0 Å². The van der Waals surface area contributed by atoms with Crippen molar-refractivity contribution < 1.29 is 17.9 Å². The Morgan fingerprint density at radius 2 is 1.94 bits per heavy atom. The number of ether oxygens (including phenoxy) is 1. The summed E-state index contributed by atoms with van der Waals surface area (Å²) in [7, 11) is 1.76. The second kappa shape index (κ2) is 7.75. The van der Waals surface area contributed by atoms with Gasteiger partial charge in [0.05, 0.1) is 32.8 Å². The molecule has 5 rings (SSSR count). The van der Waals surface area contributed by atoms with Gasteiger partial charge in [0, 0.05) is 24.5 Å². The Labute approximate surface area is 183 Å². The van der Waals surface area contributed by atoms with E-state index < -0.39 is 12.8 Å². The molecule has 3 aromatic heterocycles. The Morgan fingerprint density at radius 3 is 2.72 bits per heavy atom.